The van der Waals surface area contributed by atoms with Crippen molar-refractivity contribution in [3.63, 3.8) is 0 Å². The van der Waals surface area contributed by atoms with Crippen LogP contribution in [0.5, 0.6) is 0 Å². The topological polar surface area (TPSA) is 43.7 Å². The van der Waals surface area contributed by atoms with Gasteiger partial charge in [0.25, 0.3) is 0 Å². The first-order valence-corrected chi connectivity index (χ1v) is 6.49. The zero-order valence-corrected chi connectivity index (χ0v) is 11.2. The lowest BCUT2D eigenvalue weighted by atomic mass is 9.77. The van der Waals surface area contributed by atoms with Crippen LogP contribution in [0.25, 0.3) is 0 Å². The molecule has 0 aromatic heterocycles. The number of hydrogen-bond acceptors (Lipinski definition) is 3. The van der Waals surface area contributed by atoms with E-state index in [1.165, 1.54) is 17.9 Å². The molecule has 1 aliphatic heterocycles. The van der Waals surface area contributed by atoms with Crippen LogP contribution < -0.4 is 0 Å². The van der Waals surface area contributed by atoms with Gasteiger partial charge in [-0.05, 0) is 40.0 Å². The summed E-state index contributed by atoms with van der Waals surface area (Å²) in [5.74, 6) is 0. The Labute approximate surface area is 99.4 Å². The number of aliphatic hydroxyl groups excluding tert-OH is 1. The van der Waals surface area contributed by atoms with Crippen molar-refractivity contribution in [3.05, 3.63) is 0 Å². The van der Waals surface area contributed by atoms with Gasteiger partial charge in [0.2, 0.25) is 0 Å². The van der Waals surface area contributed by atoms with Crippen molar-refractivity contribution in [1.29, 1.82) is 0 Å². The van der Waals surface area contributed by atoms with Gasteiger partial charge in [0.05, 0.1) is 6.10 Å². The monoisotopic (exact) mass is 229 g/mol. The fourth-order valence-electron chi connectivity index (χ4n) is 3.02. The molecule has 0 aromatic carbocycles. The molecule has 3 heteroatoms. The fraction of sp³-hybridized carbons (Fsp3) is 1.00. The second-order valence-electron chi connectivity index (χ2n) is 6.14. The molecule has 96 valence electrons. The van der Waals surface area contributed by atoms with Crippen LogP contribution >= 0.6 is 0 Å². The van der Waals surface area contributed by atoms with Gasteiger partial charge in [0.15, 0.2) is 0 Å². The number of piperidine rings is 1. The Kier molecular flexibility index (Phi) is 4.38. The van der Waals surface area contributed by atoms with Crippen LogP contribution in [0.15, 0.2) is 0 Å². The molecule has 1 saturated heterocycles. The lowest BCUT2D eigenvalue weighted by molar-refractivity contribution is -0.264. The van der Waals surface area contributed by atoms with E-state index >= 15 is 0 Å². The van der Waals surface area contributed by atoms with E-state index in [0.717, 1.165) is 12.8 Å². The molecule has 1 heterocycles. The average molecular weight is 229 g/mol. The second-order valence-corrected chi connectivity index (χ2v) is 6.14. The van der Waals surface area contributed by atoms with E-state index in [2.05, 4.69) is 13.8 Å². The number of hydroxylamine groups is 2. The second kappa shape index (κ2) is 5.03. The van der Waals surface area contributed by atoms with E-state index in [-0.39, 0.29) is 17.2 Å². The first-order chi connectivity index (χ1) is 7.32. The van der Waals surface area contributed by atoms with Gasteiger partial charge in [-0.2, -0.15) is 5.06 Å². The maximum atomic E-state index is 10.3. The molecular formula is C13H27NO2. The maximum Gasteiger partial charge on any atom is 0.0577 e. The maximum absolute atomic E-state index is 10.3. The summed E-state index contributed by atoms with van der Waals surface area (Å²) >= 11 is 0. The van der Waals surface area contributed by atoms with E-state index in [1.807, 2.05) is 13.8 Å². The molecule has 0 amide bonds. The van der Waals surface area contributed by atoms with Crippen molar-refractivity contribution in [3.8, 4) is 0 Å². The Morgan fingerprint density at radius 2 is 1.81 bits per heavy atom. The smallest absolute Gasteiger partial charge is 0.0577 e. The molecule has 1 rings (SSSR count). The van der Waals surface area contributed by atoms with Crippen molar-refractivity contribution in [1.82, 2.24) is 5.06 Å². The first kappa shape index (κ1) is 13.9. The minimum atomic E-state index is -0.321. The average Bonchev–Trinajstić information content (AvgIpc) is 2.14. The van der Waals surface area contributed by atoms with E-state index in [4.69, 9.17) is 0 Å². The molecule has 16 heavy (non-hydrogen) atoms. The van der Waals surface area contributed by atoms with Crippen molar-refractivity contribution in [2.24, 2.45) is 0 Å². The van der Waals surface area contributed by atoms with Crippen LogP contribution in [-0.4, -0.2) is 32.6 Å². The molecule has 1 aliphatic rings. The molecule has 0 aromatic rings. The van der Waals surface area contributed by atoms with E-state index in [0.29, 0.717) is 12.8 Å². The van der Waals surface area contributed by atoms with Crippen molar-refractivity contribution >= 4 is 0 Å². The summed E-state index contributed by atoms with van der Waals surface area (Å²) in [5, 5.41) is 21.7. The van der Waals surface area contributed by atoms with Gasteiger partial charge in [0, 0.05) is 11.1 Å². The number of aliphatic hydroxyl groups is 1. The number of nitrogens with zero attached hydrogens (tertiary/aromatic N) is 1. The van der Waals surface area contributed by atoms with Crippen LogP contribution in [-0.2, 0) is 0 Å². The number of hydrogen-bond donors (Lipinski definition) is 2. The molecular weight excluding hydrogens is 202 g/mol. The van der Waals surface area contributed by atoms with Crippen LogP contribution in [0.2, 0.25) is 0 Å². The van der Waals surface area contributed by atoms with Gasteiger partial charge in [0.1, 0.15) is 0 Å². The lowest BCUT2D eigenvalue weighted by Crippen LogP contribution is -2.61. The Morgan fingerprint density at radius 3 is 2.38 bits per heavy atom. The summed E-state index contributed by atoms with van der Waals surface area (Å²) in [4.78, 5) is 0. The first-order valence-electron chi connectivity index (χ1n) is 6.49. The standard InChI is InChI=1S/C13H27NO2/c1-5-6-7-8-13(4)10-11(15)9-12(2,3)14(13)16/h11,15-16H,5-10H2,1-4H3. The van der Waals surface area contributed by atoms with Crippen molar-refractivity contribution < 1.29 is 10.3 Å². The Balaban J connectivity index is 2.68. The Bertz CT molecular complexity index is 230. The van der Waals surface area contributed by atoms with E-state index < -0.39 is 0 Å². The molecule has 1 fully saturated rings. The van der Waals surface area contributed by atoms with Gasteiger partial charge in [-0.3, -0.25) is 0 Å². The number of unbranched alkanes of at least 4 members (excludes halogenated alkanes) is 2. The quantitative estimate of drug-likeness (QED) is 0.728. The largest absolute Gasteiger partial charge is 0.393 e. The Hall–Kier alpha value is -0.120. The summed E-state index contributed by atoms with van der Waals surface area (Å²) in [7, 11) is 0. The molecule has 2 atom stereocenters. The molecule has 3 nitrogen and oxygen atoms in total. The molecule has 0 aliphatic carbocycles. The van der Waals surface area contributed by atoms with E-state index in [1.54, 1.807) is 0 Å². The highest BCUT2D eigenvalue weighted by Crippen LogP contribution is 2.39. The highest BCUT2D eigenvalue weighted by Gasteiger charge is 2.46. The summed E-state index contributed by atoms with van der Waals surface area (Å²) in [6.45, 7) is 8.23. The molecule has 0 saturated carbocycles. The molecule has 2 unspecified atom stereocenters. The minimum Gasteiger partial charge on any atom is -0.393 e. The third-order valence-electron chi connectivity index (χ3n) is 3.81. The normalized spacial score (nSPS) is 35.2. The molecule has 0 spiro atoms. The van der Waals surface area contributed by atoms with Crippen molar-refractivity contribution in [2.75, 3.05) is 0 Å². The highest BCUT2D eigenvalue weighted by molar-refractivity contribution is 4.98. The zero-order chi connectivity index (χ0) is 12.4. The molecule has 2 N–H and O–H groups in total. The van der Waals surface area contributed by atoms with Crippen molar-refractivity contribution in [2.45, 2.75) is 83.4 Å². The predicted molar refractivity (Wildman–Crippen MR) is 65.5 cm³/mol. The number of rotatable bonds is 4. The summed E-state index contributed by atoms with van der Waals surface area (Å²) in [6.07, 6.45) is 5.49. The summed E-state index contributed by atoms with van der Waals surface area (Å²) < 4.78 is 0. The highest BCUT2D eigenvalue weighted by atomic mass is 16.5. The zero-order valence-electron chi connectivity index (χ0n) is 11.2. The van der Waals surface area contributed by atoms with Crippen LogP contribution in [0.1, 0.15) is 66.2 Å². The third-order valence-corrected chi connectivity index (χ3v) is 3.81. The molecule has 0 radical (unpaired) electrons. The lowest BCUT2D eigenvalue weighted by Gasteiger charge is -2.52. The van der Waals surface area contributed by atoms with Crippen LogP contribution in [0.4, 0.5) is 0 Å². The fourth-order valence-corrected chi connectivity index (χ4v) is 3.02. The van der Waals surface area contributed by atoms with E-state index in [9.17, 15) is 10.3 Å². The summed E-state index contributed by atoms with van der Waals surface area (Å²) in [6, 6.07) is 0. The summed E-state index contributed by atoms with van der Waals surface area (Å²) in [5.41, 5.74) is -0.588. The van der Waals surface area contributed by atoms with Crippen LogP contribution in [0.3, 0.4) is 0 Å². The third kappa shape index (κ3) is 2.96. The Morgan fingerprint density at radius 1 is 1.19 bits per heavy atom. The molecule has 0 bridgehead atoms. The van der Waals surface area contributed by atoms with Gasteiger partial charge in [-0.1, -0.05) is 26.2 Å². The predicted octanol–water partition coefficient (Wildman–Crippen LogP) is 2.95. The van der Waals surface area contributed by atoms with Gasteiger partial charge in [-0.15, -0.1) is 0 Å². The van der Waals surface area contributed by atoms with Gasteiger partial charge < -0.3 is 10.3 Å². The SMILES string of the molecule is CCCCCC1(C)CC(O)CC(C)(C)N1O. The van der Waals surface area contributed by atoms with Gasteiger partial charge >= 0.3 is 0 Å². The minimum absolute atomic E-state index is 0.268. The van der Waals surface area contributed by atoms with Gasteiger partial charge in [-0.25, -0.2) is 0 Å². The van der Waals surface area contributed by atoms with Crippen LogP contribution in [0, 0.1) is 0 Å².